The molecular formula is C18H13F3O3. The fourth-order valence-electron chi connectivity index (χ4n) is 2.65. The van der Waals surface area contributed by atoms with Crippen molar-refractivity contribution in [1.29, 1.82) is 0 Å². The minimum absolute atomic E-state index is 0.156. The van der Waals surface area contributed by atoms with E-state index in [0.717, 1.165) is 16.2 Å². The van der Waals surface area contributed by atoms with Crippen molar-refractivity contribution in [2.45, 2.75) is 13.1 Å². The number of ether oxygens (including phenoxy) is 1. The summed E-state index contributed by atoms with van der Waals surface area (Å²) in [5, 5.41) is 12.2. The van der Waals surface area contributed by atoms with E-state index in [9.17, 15) is 18.0 Å². The van der Waals surface area contributed by atoms with E-state index >= 15 is 0 Å². The van der Waals surface area contributed by atoms with Crippen molar-refractivity contribution in [2.24, 2.45) is 0 Å². The van der Waals surface area contributed by atoms with Gasteiger partial charge in [-0.15, -0.1) is 0 Å². The number of carboxylic acids is 1. The molecule has 0 aliphatic heterocycles. The molecule has 0 amide bonds. The van der Waals surface area contributed by atoms with Gasteiger partial charge in [0.15, 0.2) is 6.61 Å². The number of hydrogen-bond donors (Lipinski definition) is 1. The standard InChI is InChI=1S/C18H13F3O3/c1-10-15-8-14-7-13(17(22)23)3-2-11(14)6-12(15)4-5-16(10)24-9-18(19,20)21/h2-8H,9H2,1H3,(H,22,23). The van der Waals surface area contributed by atoms with Gasteiger partial charge in [-0.3, -0.25) is 0 Å². The number of halogens is 3. The summed E-state index contributed by atoms with van der Waals surface area (Å²) in [4.78, 5) is 11.1. The van der Waals surface area contributed by atoms with E-state index in [-0.39, 0.29) is 11.3 Å². The van der Waals surface area contributed by atoms with E-state index in [1.807, 2.05) is 6.07 Å². The van der Waals surface area contributed by atoms with Gasteiger partial charge in [0.2, 0.25) is 0 Å². The molecule has 3 aromatic rings. The lowest BCUT2D eigenvalue weighted by Crippen LogP contribution is -2.19. The molecule has 0 aromatic heterocycles. The van der Waals surface area contributed by atoms with Gasteiger partial charge in [-0.25, -0.2) is 4.79 Å². The fraction of sp³-hybridized carbons (Fsp3) is 0.167. The normalized spacial score (nSPS) is 11.8. The first-order valence-corrected chi connectivity index (χ1v) is 7.14. The second-order valence-corrected chi connectivity index (χ2v) is 5.53. The molecule has 0 atom stereocenters. The third-order valence-corrected chi connectivity index (χ3v) is 3.83. The second-order valence-electron chi connectivity index (χ2n) is 5.53. The highest BCUT2D eigenvalue weighted by atomic mass is 19.4. The van der Waals surface area contributed by atoms with E-state index in [1.165, 1.54) is 12.1 Å². The lowest BCUT2D eigenvalue weighted by Gasteiger charge is -2.13. The molecule has 0 radical (unpaired) electrons. The highest BCUT2D eigenvalue weighted by molar-refractivity contribution is 6.02. The molecule has 0 fully saturated rings. The van der Waals surface area contributed by atoms with Gasteiger partial charge in [0.1, 0.15) is 5.75 Å². The molecule has 0 saturated heterocycles. The van der Waals surface area contributed by atoms with Gasteiger partial charge in [0, 0.05) is 0 Å². The largest absolute Gasteiger partial charge is 0.484 e. The Hall–Kier alpha value is -2.76. The predicted molar refractivity (Wildman–Crippen MR) is 84.7 cm³/mol. The Balaban J connectivity index is 2.11. The van der Waals surface area contributed by atoms with E-state index in [4.69, 9.17) is 9.84 Å². The molecule has 6 heteroatoms. The SMILES string of the molecule is Cc1c(OCC(F)(F)F)ccc2cc3ccc(C(=O)O)cc3cc12. The zero-order valence-corrected chi connectivity index (χ0v) is 12.6. The summed E-state index contributed by atoms with van der Waals surface area (Å²) in [6.07, 6.45) is -4.40. The molecule has 0 spiro atoms. The first-order valence-electron chi connectivity index (χ1n) is 7.14. The van der Waals surface area contributed by atoms with Gasteiger partial charge in [0.05, 0.1) is 5.56 Å². The summed E-state index contributed by atoms with van der Waals surface area (Å²) in [6.45, 7) is 0.330. The van der Waals surface area contributed by atoms with Crippen molar-refractivity contribution < 1.29 is 27.8 Å². The summed E-state index contributed by atoms with van der Waals surface area (Å²) in [5.74, 6) is -0.871. The topological polar surface area (TPSA) is 46.5 Å². The summed E-state index contributed by atoms with van der Waals surface area (Å²) < 4.78 is 41.9. The van der Waals surface area contributed by atoms with E-state index in [1.54, 1.807) is 31.2 Å². The molecule has 24 heavy (non-hydrogen) atoms. The van der Waals surface area contributed by atoms with Gasteiger partial charge in [0.25, 0.3) is 0 Å². The van der Waals surface area contributed by atoms with Gasteiger partial charge >= 0.3 is 12.1 Å². The van der Waals surface area contributed by atoms with Crippen LogP contribution in [0.2, 0.25) is 0 Å². The molecule has 0 unspecified atom stereocenters. The molecule has 0 aliphatic carbocycles. The van der Waals surface area contributed by atoms with Crippen LogP contribution in [0.4, 0.5) is 13.2 Å². The molecule has 3 rings (SSSR count). The third kappa shape index (κ3) is 3.13. The molecule has 124 valence electrons. The molecule has 0 heterocycles. The van der Waals surface area contributed by atoms with Crippen molar-refractivity contribution in [3.05, 3.63) is 53.6 Å². The van der Waals surface area contributed by atoms with Gasteiger partial charge in [-0.05, 0) is 64.4 Å². The van der Waals surface area contributed by atoms with Crippen molar-refractivity contribution >= 4 is 27.5 Å². The van der Waals surface area contributed by atoms with Crippen LogP contribution in [0, 0.1) is 6.92 Å². The van der Waals surface area contributed by atoms with Crippen molar-refractivity contribution in [1.82, 2.24) is 0 Å². The summed E-state index contributed by atoms with van der Waals surface area (Å²) in [7, 11) is 0. The molecule has 3 aromatic carbocycles. The monoisotopic (exact) mass is 334 g/mol. The van der Waals surface area contributed by atoms with Gasteiger partial charge in [-0.1, -0.05) is 12.1 Å². The Bertz CT molecular complexity index is 946. The van der Waals surface area contributed by atoms with E-state index in [2.05, 4.69) is 0 Å². The Morgan fingerprint density at radius 3 is 2.42 bits per heavy atom. The number of carbonyl (C=O) groups is 1. The summed E-state index contributed by atoms with van der Waals surface area (Å²) >= 11 is 0. The van der Waals surface area contributed by atoms with Crippen LogP contribution >= 0.6 is 0 Å². The van der Waals surface area contributed by atoms with Gasteiger partial charge < -0.3 is 9.84 Å². The quantitative estimate of drug-likeness (QED) is 0.690. The minimum atomic E-state index is -4.40. The zero-order chi connectivity index (χ0) is 17.5. The van der Waals surface area contributed by atoms with Crippen LogP contribution in [0.1, 0.15) is 15.9 Å². The number of aryl methyl sites for hydroxylation is 1. The summed E-state index contributed by atoms with van der Waals surface area (Å²) in [6, 6.07) is 11.6. The van der Waals surface area contributed by atoms with Crippen LogP contribution in [-0.4, -0.2) is 23.9 Å². The van der Waals surface area contributed by atoms with Crippen LogP contribution < -0.4 is 4.74 Å². The number of benzene rings is 3. The highest BCUT2D eigenvalue weighted by Crippen LogP contribution is 2.32. The molecular weight excluding hydrogens is 321 g/mol. The van der Waals surface area contributed by atoms with Crippen molar-refractivity contribution in [2.75, 3.05) is 6.61 Å². The van der Waals surface area contributed by atoms with E-state index < -0.39 is 18.8 Å². The lowest BCUT2D eigenvalue weighted by atomic mass is 9.98. The smallest absolute Gasteiger partial charge is 0.422 e. The Labute approximate surface area is 135 Å². The number of carboxylic acid groups (broad SMARTS) is 1. The molecule has 0 bridgehead atoms. The average molecular weight is 334 g/mol. The zero-order valence-electron chi connectivity index (χ0n) is 12.6. The average Bonchev–Trinajstić information content (AvgIpc) is 2.51. The Kier molecular flexibility index (Phi) is 3.83. The summed E-state index contributed by atoms with van der Waals surface area (Å²) in [5.41, 5.74) is 0.739. The van der Waals surface area contributed by atoms with Crippen LogP contribution in [-0.2, 0) is 0 Å². The maximum Gasteiger partial charge on any atom is 0.422 e. The predicted octanol–water partition coefficient (Wildman–Crippen LogP) is 4.94. The third-order valence-electron chi connectivity index (χ3n) is 3.83. The molecule has 1 N–H and O–H groups in total. The molecule has 0 saturated carbocycles. The van der Waals surface area contributed by atoms with Crippen molar-refractivity contribution in [3.63, 3.8) is 0 Å². The maximum absolute atomic E-state index is 12.3. The Morgan fingerprint density at radius 1 is 1.04 bits per heavy atom. The van der Waals surface area contributed by atoms with Crippen LogP contribution in [0.3, 0.4) is 0 Å². The lowest BCUT2D eigenvalue weighted by molar-refractivity contribution is -0.153. The molecule has 0 aliphatic rings. The van der Waals surface area contributed by atoms with Crippen LogP contribution in [0.15, 0.2) is 42.5 Å². The number of rotatable bonds is 3. The number of fused-ring (bicyclic) bond motifs is 2. The highest BCUT2D eigenvalue weighted by Gasteiger charge is 2.28. The molecule has 3 nitrogen and oxygen atoms in total. The Morgan fingerprint density at radius 2 is 1.75 bits per heavy atom. The minimum Gasteiger partial charge on any atom is -0.484 e. The van der Waals surface area contributed by atoms with Gasteiger partial charge in [-0.2, -0.15) is 13.2 Å². The number of hydrogen-bond acceptors (Lipinski definition) is 2. The maximum atomic E-state index is 12.3. The van der Waals surface area contributed by atoms with E-state index in [0.29, 0.717) is 10.9 Å². The number of alkyl halides is 3. The fourth-order valence-corrected chi connectivity index (χ4v) is 2.65. The first kappa shape index (κ1) is 16.1. The van der Waals surface area contributed by atoms with Crippen molar-refractivity contribution in [3.8, 4) is 5.75 Å². The first-order chi connectivity index (χ1) is 11.2. The number of aromatic carboxylic acids is 1. The van der Waals surface area contributed by atoms with Crippen LogP contribution in [0.5, 0.6) is 5.75 Å². The van der Waals surface area contributed by atoms with Crippen LogP contribution in [0.25, 0.3) is 21.5 Å². The second kappa shape index (κ2) is 5.70.